The summed E-state index contributed by atoms with van der Waals surface area (Å²) in [6, 6.07) is 4.56. The van der Waals surface area contributed by atoms with Gasteiger partial charge in [-0.2, -0.15) is 0 Å². The monoisotopic (exact) mass is 230 g/mol. The van der Waals surface area contributed by atoms with Crippen LogP contribution in [0.15, 0.2) is 18.2 Å². The van der Waals surface area contributed by atoms with Crippen LogP contribution in [0.2, 0.25) is 5.02 Å². The number of nitrogens with two attached hydrogens (primary N) is 2. The molecule has 1 atom stereocenters. The first-order valence-corrected chi connectivity index (χ1v) is 5.43. The van der Waals surface area contributed by atoms with Crippen molar-refractivity contribution in [3.8, 4) is 0 Å². The van der Waals surface area contributed by atoms with E-state index in [9.17, 15) is 4.39 Å². The molecule has 0 saturated carbocycles. The highest BCUT2D eigenvalue weighted by Crippen LogP contribution is 2.21. The Labute approximate surface area is 94.4 Å². The van der Waals surface area contributed by atoms with Crippen LogP contribution in [-0.2, 0) is 0 Å². The van der Waals surface area contributed by atoms with Gasteiger partial charge in [0.15, 0.2) is 0 Å². The van der Waals surface area contributed by atoms with E-state index in [2.05, 4.69) is 0 Å². The summed E-state index contributed by atoms with van der Waals surface area (Å²) in [6.07, 6.45) is 2.73. The summed E-state index contributed by atoms with van der Waals surface area (Å²) in [6.45, 7) is 0.668. The molecule has 0 unspecified atom stereocenters. The van der Waals surface area contributed by atoms with E-state index < -0.39 is 5.82 Å². The second-order valence-electron chi connectivity index (χ2n) is 3.56. The van der Waals surface area contributed by atoms with Crippen LogP contribution in [0.25, 0.3) is 0 Å². The average Bonchev–Trinajstić information content (AvgIpc) is 2.22. The maximum atomic E-state index is 13.1. The quantitative estimate of drug-likeness (QED) is 0.764. The van der Waals surface area contributed by atoms with Gasteiger partial charge in [-0.05, 0) is 37.1 Å². The lowest BCUT2D eigenvalue weighted by Gasteiger charge is -2.11. The number of benzene rings is 1. The normalized spacial score (nSPS) is 12.8. The molecule has 0 bridgehead atoms. The highest BCUT2D eigenvalue weighted by Gasteiger charge is 2.08. The van der Waals surface area contributed by atoms with Crippen LogP contribution in [-0.4, -0.2) is 6.54 Å². The number of hydrogen-bond acceptors (Lipinski definition) is 2. The highest BCUT2D eigenvalue weighted by atomic mass is 35.5. The van der Waals surface area contributed by atoms with Crippen molar-refractivity contribution in [3.05, 3.63) is 34.6 Å². The van der Waals surface area contributed by atoms with Crippen LogP contribution < -0.4 is 11.5 Å². The van der Waals surface area contributed by atoms with Gasteiger partial charge in [0.25, 0.3) is 0 Å². The maximum Gasteiger partial charge on any atom is 0.142 e. The van der Waals surface area contributed by atoms with E-state index in [0.717, 1.165) is 24.8 Å². The zero-order valence-corrected chi connectivity index (χ0v) is 9.30. The van der Waals surface area contributed by atoms with E-state index >= 15 is 0 Å². The predicted octanol–water partition coefficient (Wildman–Crippen LogP) is 2.61. The van der Waals surface area contributed by atoms with Crippen LogP contribution in [0.4, 0.5) is 4.39 Å². The average molecular weight is 231 g/mol. The SMILES string of the molecule is NCCCC[C@H](N)c1ccc(Cl)c(F)c1. The molecule has 0 amide bonds. The fraction of sp³-hybridized carbons (Fsp3) is 0.455. The third-order valence-corrected chi connectivity index (χ3v) is 2.65. The molecule has 1 aromatic rings. The Bertz CT molecular complexity index is 317. The van der Waals surface area contributed by atoms with Gasteiger partial charge < -0.3 is 11.5 Å². The first-order valence-electron chi connectivity index (χ1n) is 5.05. The molecule has 0 aliphatic heterocycles. The summed E-state index contributed by atoms with van der Waals surface area (Å²) in [5.74, 6) is -0.413. The molecule has 0 aliphatic rings. The van der Waals surface area contributed by atoms with Gasteiger partial charge in [-0.15, -0.1) is 0 Å². The van der Waals surface area contributed by atoms with Crippen molar-refractivity contribution in [2.75, 3.05) is 6.54 Å². The second-order valence-corrected chi connectivity index (χ2v) is 3.97. The Morgan fingerprint density at radius 3 is 2.67 bits per heavy atom. The zero-order valence-electron chi connectivity index (χ0n) is 8.55. The first kappa shape index (κ1) is 12.4. The lowest BCUT2D eigenvalue weighted by atomic mass is 10.0. The van der Waals surface area contributed by atoms with Crippen LogP contribution >= 0.6 is 11.6 Å². The first-order chi connectivity index (χ1) is 7.15. The molecule has 0 aliphatic carbocycles. The third-order valence-electron chi connectivity index (χ3n) is 2.34. The molecule has 15 heavy (non-hydrogen) atoms. The number of halogens is 2. The smallest absolute Gasteiger partial charge is 0.142 e. The summed E-state index contributed by atoms with van der Waals surface area (Å²) in [5.41, 5.74) is 12.1. The van der Waals surface area contributed by atoms with Crippen LogP contribution in [0.3, 0.4) is 0 Å². The van der Waals surface area contributed by atoms with Crippen molar-refractivity contribution in [3.63, 3.8) is 0 Å². The Hall–Kier alpha value is -0.640. The van der Waals surface area contributed by atoms with Gasteiger partial charge in [-0.3, -0.25) is 0 Å². The van der Waals surface area contributed by atoms with Crippen molar-refractivity contribution >= 4 is 11.6 Å². The largest absolute Gasteiger partial charge is 0.330 e. The molecule has 1 aromatic carbocycles. The number of rotatable bonds is 5. The number of hydrogen-bond donors (Lipinski definition) is 2. The summed E-state index contributed by atoms with van der Waals surface area (Å²) in [5, 5.41) is 0.132. The molecule has 0 aromatic heterocycles. The van der Waals surface area contributed by atoms with Gasteiger partial charge in [0.1, 0.15) is 5.82 Å². The van der Waals surface area contributed by atoms with Gasteiger partial charge >= 0.3 is 0 Å². The molecule has 0 heterocycles. The molecular formula is C11H16ClFN2. The minimum Gasteiger partial charge on any atom is -0.330 e. The molecule has 4 N–H and O–H groups in total. The third kappa shape index (κ3) is 3.78. The summed E-state index contributed by atoms with van der Waals surface area (Å²) < 4.78 is 13.1. The van der Waals surface area contributed by atoms with Crippen molar-refractivity contribution in [1.82, 2.24) is 0 Å². The molecule has 1 rings (SSSR count). The molecule has 2 nitrogen and oxygen atoms in total. The zero-order chi connectivity index (χ0) is 11.3. The van der Waals surface area contributed by atoms with Crippen molar-refractivity contribution in [2.24, 2.45) is 11.5 Å². The van der Waals surface area contributed by atoms with E-state index in [4.69, 9.17) is 23.1 Å². The Kier molecular flexibility index (Phi) is 5.02. The van der Waals surface area contributed by atoms with Crippen LogP contribution in [0.1, 0.15) is 30.9 Å². The fourth-order valence-corrected chi connectivity index (χ4v) is 1.54. The summed E-state index contributed by atoms with van der Waals surface area (Å²) >= 11 is 5.58. The summed E-state index contributed by atoms with van der Waals surface area (Å²) in [7, 11) is 0. The highest BCUT2D eigenvalue weighted by molar-refractivity contribution is 6.30. The standard InChI is InChI=1S/C11H16ClFN2/c12-9-5-4-8(7-10(9)13)11(15)3-1-2-6-14/h4-5,7,11H,1-3,6,14-15H2/t11-/m0/s1. The number of unbranched alkanes of at least 4 members (excludes halogenated alkanes) is 1. The van der Waals surface area contributed by atoms with Crippen molar-refractivity contribution in [1.29, 1.82) is 0 Å². The summed E-state index contributed by atoms with van der Waals surface area (Å²) in [4.78, 5) is 0. The van der Waals surface area contributed by atoms with Crippen LogP contribution in [0, 0.1) is 5.82 Å². The molecule has 0 spiro atoms. The minimum absolute atomic E-state index is 0.132. The van der Waals surface area contributed by atoms with E-state index in [1.54, 1.807) is 6.07 Å². The lowest BCUT2D eigenvalue weighted by Crippen LogP contribution is -2.11. The van der Waals surface area contributed by atoms with E-state index in [1.807, 2.05) is 0 Å². The van der Waals surface area contributed by atoms with Gasteiger partial charge in [-0.1, -0.05) is 24.1 Å². The Morgan fingerprint density at radius 2 is 2.07 bits per heavy atom. The van der Waals surface area contributed by atoms with Crippen molar-refractivity contribution in [2.45, 2.75) is 25.3 Å². The van der Waals surface area contributed by atoms with Gasteiger partial charge in [0.05, 0.1) is 5.02 Å². The second kappa shape index (κ2) is 6.05. The van der Waals surface area contributed by atoms with Crippen molar-refractivity contribution < 1.29 is 4.39 Å². The maximum absolute atomic E-state index is 13.1. The Balaban J connectivity index is 2.57. The van der Waals surface area contributed by atoms with E-state index in [-0.39, 0.29) is 11.1 Å². The minimum atomic E-state index is -0.413. The molecular weight excluding hydrogens is 215 g/mol. The predicted molar refractivity (Wildman–Crippen MR) is 61.2 cm³/mol. The molecule has 0 saturated heterocycles. The molecule has 4 heteroatoms. The van der Waals surface area contributed by atoms with Crippen LogP contribution in [0.5, 0.6) is 0 Å². The molecule has 0 fully saturated rings. The van der Waals surface area contributed by atoms with E-state index in [1.165, 1.54) is 12.1 Å². The topological polar surface area (TPSA) is 52.0 Å². The van der Waals surface area contributed by atoms with Gasteiger partial charge in [-0.25, -0.2) is 4.39 Å². The Morgan fingerprint density at radius 1 is 1.33 bits per heavy atom. The fourth-order valence-electron chi connectivity index (χ4n) is 1.42. The van der Waals surface area contributed by atoms with Gasteiger partial charge in [0.2, 0.25) is 0 Å². The van der Waals surface area contributed by atoms with E-state index in [0.29, 0.717) is 6.54 Å². The lowest BCUT2D eigenvalue weighted by molar-refractivity contribution is 0.580. The molecule has 0 radical (unpaired) electrons. The molecule has 84 valence electrons. The van der Waals surface area contributed by atoms with Gasteiger partial charge in [0, 0.05) is 6.04 Å².